The van der Waals surface area contributed by atoms with Crippen molar-refractivity contribution in [1.82, 2.24) is 15.2 Å². The number of para-hydroxylation sites is 1. The van der Waals surface area contributed by atoms with Gasteiger partial charge < -0.3 is 15.2 Å². The van der Waals surface area contributed by atoms with Crippen molar-refractivity contribution in [1.29, 1.82) is 0 Å². The van der Waals surface area contributed by atoms with E-state index in [-0.39, 0.29) is 11.8 Å². The van der Waals surface area contributed by atoms with Crippen LogP contribution in [0.4, 0.5) is 5.69 Å². The van der Waals surface area contributed by atoms with Gasteiger partial charge in [-0.1, -0.05) is 29.8 Å². The monoisotopic (exact) mass is 422 g/mol. The number of fused-ring (bicyclic) bond motifs is 6. The van der Waals surface area contributed by atoms with E-state index in [2.05, 4.69) is 32.7 Å². The predicted octanol–water partition coefficient (Wildman–Crippen LogP) is 3.16. The molecule has 2 amide bonds. The van der Waals surface area contributed by atoms with Crippen LogP contribution in [0.15, 0.2) is 42.5 Å². The van der Waals surface area contributed by atoms with Crippen molar-refractivity contribution < 1.29 is 9.59 Å². The highest BCUT2D eigenvalue weighted by Gasteiger charge is 2.53. The molecule has 6 nitrogen and oxygen atoms in total. The number of carbonyl (C=O) groups is 2. The minimum absolute atomic E-state index is 0.0359. The Bertz CT molecular complexity index is 1190. The van der Waals surface area contributed by atoms with Crippen LogP contribution in [-0.2, 0) is 28.1 Å². The van der Waals surface area contributed by atoms with E-state index in [4.69, 9.17) is 11.6 Å². The third-order valence-electron chi connectivity index (χ3n) is 6.10. The molecule has 30 heavy (non-hydrogen) atoms. The fourth-order valence-corrected chi connectivity index (χ4v) is 5.11. The van der Waals surface area contributed by atoms with E-state index in [1.54, 1.807) is 6.07 Å². The summed E-state index contributed by atoms with van der Waals surface area (Å²) >= 11 is 6.34. The number of halogens is 1. The molecule has 154 valence electrons. The molecule has 3 heterocycles. The lowest BCUT2D eigenvalue weighted by Gasteiger charge is -2.35. The number of anilines is 1. The summed E-state index contributed by atoms with van der Waals surface area (Å²) in [7, 11) is 0. The number of nitrogens with zero attached hydrogens (tertiary/aromatic N) is 1. The largest absolute Gasteiger partial charge is 0.356 e. The van der Waals surface area contributed by atoms with Crippen LogP contribution in [0.3, 0.4) is 0 Å². The summed E-state index contributed by atoms with van der Waals surface area (Å²) in [6, 6.07) is 13.8. The van der Waals surface area contributed by atoms with E-state index in [0.29, 0.717) is 24.7 Å². The van der Waals surface area contributed by atoms with Gasteiger partial charge in [-0.15, -0.1) is 0 Å². The molecule has 0 bridgehead atoms. The molecule has 1 spiro atoms. The van der Waals surface area contributed by atoms with E-state index in [0.717, 1.165) is 35.3 Å². The first-order chi connectivity index (χ1) is 14.5. The molecule has 0 saturated heterocycles. The highest BCUT2D eigenvalue weighted by Crippen LogP contribution is 2.47. The highest BCUT2D eigenvalue weighted by atomic mass is 35.5. The van der Waals surface area contributed by atoms with Gasteiger partial charge in [-0.05, 0) is 42.7 Å². The lowest BCUT2D eigenvalue weighted by molar-refractivity contribution is -0.121. The van der Waals surface area contributed by atoms with Gasteiger partial charge in [0.05, 0.1) is 5.69 Å². The Hall–Kier alpha value is -2.83. The van der Waals surface area contributed by atoms with Gasteiger partial charge in [0.2, 0.25) is 5.91 Å². The second-order valence-electron chi connectivity index (χ2n) is 7.90. The Kier molecular flexibility index (Phi) is 4.56. The van der Waals surface area contributed by atoms with E-state index < -0.39 is 5.54 Å². The Morgan fingerprint density at radius 2 is 2.10 bits per heavy atom. The number of hydrogen-bond donors (Lipinski definition) is 3. The molecule has 0 saturated carbocycles. The molecule has 2 aliphatic heterocycles. The molecule has 0 radical (unpaired) electrons. The van der Waals surface area contributed by atoms with Gasteiger partial charge in [-0.3, -0.25) is 14.9 Å². The van der Waals surface area contributed by atoms with Gasteiger partial charge in [0, 0.05) is 53.7 Å². The molecule has 7 heteroatoms. The van der Waals surface area contributed by atoms with E-state index in [1.165, 1.54) is 17.9 Å². The maximum Gasteiger partial charge on any atom is 0.255 e. The predicted molar refractivity (Wildman–Crippen MR) is 118 cm³/mol. The van der Waals surface area contributed by atoms with Crippen LogP contribution < -0.4 is 16.0 Å². The second kappa shape index (κ2) is 7.15. The van der Waals surface area contributed by atoms with Crippen LogP contribution in [0.25, 0.3) is 10.9 Å². The summed E-state index contributed by atoms with van der Waals surface area (Å²) in [4.78, 5) is 24.7. The van der Waals surface area contributed by atoms with Crippen molar-refractivity contribution in [2.75, 3.05) is 18.4 Å². The Morgan fingerprint density at radius 3 is 2.93 bits per heavy atom. The standard InChI is InChI=1S/C23H23ClN4O2/c1-14(29)25-10-4-12-28-20-6-3-2-5-16(20)17-9-11-26-23(21(17)28)18-13-15(24)7-8-19(18)27-22(23)30/h2-3,5-8,13,26H,4,9-12H2,1H3,(H,25,29)(H,27,30)/t23-/m1/s1. The van der Waals surface area contributed by atoms with Gasteiger partial charge in [0.1, 0.15) is 0 Å². The van der Waals surface area contributed by atoms with E-state index in [9.17, 15) is 9.59 Å². The van der Waals surface area contributed by atoms with Gasteiger partial charge in [0.25, 0.3) is 5.91 Å². The molecule has 1 aromatic heterocycles. The number of hydrogen-bond acceptors (Lipinski definition) is 3. The fourth-order valence-electron chi connectivity index (χ4n) is 4.93. The summed E-state index contributed by atoms with van der Waals surface area (Å²) in [6.45, 7) is 3.51. The fraction of sp³-hybridized carbons (Fsp3) is 0.304. The molecule has 2 aliphatic rings. The van der Waals surface area contributed by atoms with Crippen molar-refractivity contribution in [2.45, 2.75) is 31.8 Å². The third kappa shape index (κ3) is 2.75. The summed E-state index contributed by atoms with van der Waals surface area (Å²) in [5.41, 5.74) is 3.98. The second-order valence-corrected chi connectivity index (χ2v) is 8.34. The summed E-state index contributed by atoms with van der Waals surface area (Å²) in [5.74, 6) is -0.113. The van der Waals surface area contributed by atoms with Crippen LogP contribution >= 0.6 is 11.6 Å². The van der Waals surface area contributed by atoms with Gasteiger partial charge in [-0.25, -0.2) is 0 Å². The molecule has 0 aliphatic carbocycles. The van der Waals surface area contributed by atoms with Crippen molar-refractivity contribution in [2.24, 2.45) is 0 Å². The van der Waals surface area contributed by atoms with Crippen LogP contribution in [0.1, 0.15) is 30.2 Å². The average molecular weight is 423 g/mol. The van der Waals surface area contributed by atoms with E-state index >= 15 is 0 Å². The lowest BCUT2D eigenvalue weighted by atomic mass is 9.81. The topological polar surface area (TPSA) is 75.2 Å². The Labute approximate surface area is 179 Å². The van der Waals surface area contributed by atoms with Gasteiger partial charge in [-0.2, -0.15) is 0 Å². The zero-order valence-corrected chi connectivity index (χ0v) is 17.5. The molecule has 3 N–H and O–H groups in total. The van der Waals surface area contributed by atoms with Gasteiger partial charge in [0.15, 0.2) is 5.54 Å². The maximum absolute atomic E-state index is 13.4. The molecule has 5 rings (SSSR count). The van der Waals surface area contributed by atoms with E-state index in [1.807, 2.05) is 24.3 Å². The molecule has 1 atom stereocenters. The van der Waals surface area contributed by atoms with Crippen molar-refractivity contribution in [3.63, 3.8) is 0 Å². The van der Waals surface area contributed by atoms with Crippen LogP contribution in [0.5, 0.6) is 0 Å². The smallest absolute Gasteiger partial charge is 0.255 e. The molecule has 3 aromatic rings. The third-order valence-corrected chi connectivity index (χ3v) is 6.34. The first-order valence-corrected chi connectivity index (χ1v) is 10.6. The molecular formula is C23H23ClN4O2. The molecule has 2 aromatic carbocycles. The number of carbonyl (C=O) groups excluding carboxylic acids is 2. The first-order valence-electron chi connectivity index (χ1n) is 10.2. The normalized spacial score (nSPS) is 19.6. The number of rotatable bonds is 4. The SMILES string of the molecule is CC(=O)NCCCn1c2c(c3ccccc31)CCN[C@@]21C(=O)Nc2ccc(Cl)cc21. The molecule has 0 fully saturated rings. The highest BCUT2D eigenvalue weighted by molar-refractivity contribution is 6.31. The lowest BCUT2D eigenvalue weighted by Crippen LogP contribution is -2.54. The number of benzene rings is 2. The first kappa shape index (κ1) is 19.2. The Morgan fingerprint density at radius 1 is 1.27 bits per heavy atom. The number of amides is 2. The van der Waals surface area contributed by atoms with Crippen LogP contribution in [0, 0.1) is 0 Å². The maximum atomic E-state index is 13.4. The number of aromatic nitrogens is 1. The quantitative estimate of drug-likeness (QED) is 0.565. The van der Waals surface area contributed by atoms with Crippen molar-refractivity contribution >= 4 is 40.0 Å². The van der Waals surface area contributed by atoms with Crippen LogP contribution in [0.2, 0.25) is 5.02 Å². The summed E-state index contributed by atoms with van der Waals surface area (Å²) in [5, 5.41) is 11.2. The zero-order chi connectivity index (χ0) is 20.9. The van der Waals surface area contributed by atoms with Crippen LogP contribution in [-0.4, -0.2) is 29.5 Å². The summed E-state index contributed by atoms with van der Waals surface area (Å²) < 4.78 is 2.24. The number of nitrogens with one attached hydrogen (secondary N) is 3. The molecule has 0 unspecified atom stereocenters. The minimum Gasteiger partial charge on any atom is -0.356 e. The zero-order valence-electron chi connectivity index (χ0n) is 16.7. The molecular weight excluding hydrogens is 400 g/mol. The average Bonchev–Trinajstić information content (AvgIpc) is 3.19. The van der Waals surface area contributed by atoms with Crippen molar-refractivity contribution in [3.05, 3.63) is 64.3 Å². The minimum atomic E-state index is -0.971. The Balaban J connectivity index is 1.71. The van der Waals surface area contributed by atoms with Gasteiger partial charge >= 0.3 is 0 Å². The summed E-state index contributed by atoms with van der Waals surface area (Å²) in [6.07, 6.45) is 1.62. The van der Waals surface area contributed by atoms with Crippen molar-refractivity contribution in [3.8, 4) is 0 Å². The number of aryl methyl sites for hydroxylation is 1.